The standard InChI is InChI=1S/C7H10N2O/c1-2-10-9-7-4-3-5-8-6-7/h3-6,9H,2H2,1H3. The Labute approximate surface area is 60.0 Å². The van der Waals surface area contributed by atoms with Crippen LogP contribution in [-0.4, -0.2) is 11.6 Å². The third kappa shape index (κ3) is 2.03. The molecule has 0 saturated carbocycles. The smallest absolute Gasteiger partial charge is 0.0787 e. The van der Waals surface area contributed by atoms with Crippen LogP contribution in [0.2, 0.25) is 0 Å². The molecule has 0 aromatic carbocycles. The SMILES string of the molecule is CCONc1cccnc1. The van der Waals surface area contributed by atoms with E-state index in [-0.39, 0.29) is 0 Å². The van der Waals surface area contributed by atoms with Gasteiger partial charge in [0.2, 0.25) is 0 Å². The van der Waals surface area contributed by atoms with Crippen LogP contribution < -0.4 is 5.48 Å². The normalized spacial score (nSPS) is 9.30. The number of hydrogen-bond acceptors (Lipinski definition) is 3. The van der Waals surface area contributed by atoms with E-state index in [0.29, 0.717) is 6.61 Å². The molecule has 0 radical (unpaired) electrons. The minimum Gasteiger partial charge on any atom is -0.276 e. The lowest BCUT2D eigenvalue weighted by molar-refractivity contribution is 0.210. The zero-order valence-corrected chi connectivity index (χ0v) is 5.87. The summed E-state index contributed by atoms with van der Waals surface area (Å²) in [6.07, 6.45) is 3.42. The zero-order chi connectivity index (χ0) is 7.23. The lowest BCUT2D eigenvalue weighted by atomic mass is 10.4. The van der Waals surface area contributed by atoms with Crippen molar-refractivity contribution in [2.45, 2.75) is 6.92 Å². The molecule has 1 aromatic heterocycles. The summed E-state index contributed by atoms with van der Waals surface area (Å²) in [5.41, 5.74) is 3.61. The first-order chi connectivity index (χ1) is 4.93. The molecule has 3 heteroatoms. The van der Waals surface area contributed by atoms with E-state index in [4.69, 9.17) is 4.84 Å². The van der Waals surface area contributed by atoms with Crippen molar-refractivity contribution in [3.63, 3.8) is 0 Å². The highest BCUT2D eigenvalue weighted by atomic mass is 16.6. The molecule has 0 unspecified atom stereocenters. The van der Waals surface area contributed by atoms with Gasteiger partial charge in [0.15, 0.2) is 0 Å². The van der Waals surface area contributed by atoms with Gasteiger partial charge in [0.25, 0.3) is 0 Å². The molecule has 1 heterocycles. The van der Waals surface area contributed by atoms with Gasteiger partial charge in [-0.3, -0.25) is 15.3 Å². The van der Waals surface area contributed by atoms with E-state index >= 15 is 0 Å². The van der Waals surface area contributed by atoms with Crippen LogP contribution in [0.25, 0.3) is 0 Å². The van der Waals surface area contributed by atoms with Crippen molar-refractivity contribution in [1.82, 2.24) is 4.98 Å². The highest BCUT2D eigenvalue weighted by molar-refractivity contribution is 5.36. The Hall–Kier alpha value is -1.09. The van der Waals surface area contributed by atoms with Crippen molar-refractivity contribution in [1.29, 1.82) is 0 Å². The Balaban J connectivity index is 2.43. The van der Waals surface area contributed by atoms with Crippen molar-refractivity contribution in [2.24, 2.45) is 0 Å². The number of pyridine rings is 1. The predicted octanol–water partition coefficient (Wildman–Crippen LogP) is 1.44. The molecular weight excluding hydrogens is 128 g/mol. The van der Waals surface area contributed by atoms with E-state index in [9.17, 15) is 0 Å². The van der Waals surface area contributed by atoms with Crippen LogP contribution in [0.15, 0.2) is 24.5 Å². The topological polar surface area (TPSA) is 34.1 Å². The highest BCUT2D eigenvalue weighted by Gasteiger charge is 1.85. The Morgan fingerprint density at radius 3 is 3.20 bits per heavy atom. The van der Waals surface area contributed by atoms with Gasteiger partial charge in [0.05, 0.1) is 18.5 Å². The fourth-order valence-corrected chi connectivity index (χ4v) is 0.579. The lowest BCUT2D eigenvalue weighted by Gasteiger charge is -2.01. The van der Waals surface area contributed by atoms with E-state index in [2.05, 4.69) is 10.5 Å². The van der Waals surface area contributed by atoms with E-state index in [1.54, 1.807) is 12.4 Å². The van der Waals surface area contributed by atoms with Gasteiger partial charge in [-0.05, 0) is 19.1 Å². The second-order valence-electron chi connectivity index (χ2n) is 1.78. The summed E-state index contributed by atoms with van der Waals surface area (Å²) in [6, 6.07) is 3.74. The van der Waals surface area contributed by atoms with E-state index in [0.717, 1.165) is 5.69 Å². The van der Waals surface area contributed by atoms with Crippen LogP contribution in [0.3, 0.4) is 0 Å². The number of rotatable bonds is 3. The summed E-state index contributed by atoms with van der Waals surface area (Å²) in [5.74, 6) is 0. The average molecular weight is 138 g/mol. The summed E-state index contributed by atoms with van der Waals surface area (Å²) in [7, 11) is 0. The van der Waals surface area contributed by atoms with Crippen LogP contribution in [0.5, 0.6) is 0 Å². The number of hydrogen-bond donors (Lipinski definition) is 1. The Kier molecular flexibility index (Phi) is 2.70. The molecule has 10 heavy (non-hydrogen) atoms. The van der Waals surface area contributed by atoms with Gasteiger partial charge in [-0.25, -0.2) is 0 Å². The predicted molar refractivity (Wildman–Crippen MR) is 39.5 cm³/mol. The number of nitrogens with zero attached hydrogens (tertiary/aromatic N) is 1. The Morgan fingerprint density at radius 2 is 2.60 bits per heavy atom. The van der Waals surface area contributed by atoms with Gasteiger partial charge in [0, 0.05) is 6.20 Å². The highest BCUT2D eigenvalue weighted by Crippen LogP contribution is 2.01. The van der Waals surface area contributed by atoms with Crippen molar-refractivity contribution >= 4 is 5.69 Å². The van der Waals surface area contributed by atoms with Crippen molar-refractivity contribution in [3.8, 4) is 0 Å². The quantitative estimate of drug-likeness (QED) is 0.642. The molecule has 0 aliphatic heterocycles. The molecule has 1 rings (SSSR count). The Bertz CT molecular complexity index is 176. The summed E-state index contributed by atoms with van der Waals surface area (Å²) in [4.78, 5) is 8.82. The molecule has 1 N–H and O–H groups in total. The van der Waals surface area contributed by atoms with Gasteiger partial charge in [0.1, 0.15) is 0 Å². The molecule has 3 nitrogen and oxygen atoms in total. The van der Waals surface area contributed by atoms with Gasteiger partial charge in [-0.2, -0.15) is 0 Å². The molecule has 1 aromatic rings. The van der Waals surface area contributed by atoms with E-state index < -0.39 is 0 Å². The molecule has 0 saturated heterocycles. The Morgan fingerprint density at radius 1 is 1.70 bits per heavy atom. The maximum atomic E-state index is 4.93. The van der Waals surface area contributed by atoms with Crippen LogP contribution >= 0.6 is 0 Å². The first-order valence-corrected chi connectivity index (χ1v) is 3.21. The maximum Gasteiger partial charge on any atom is 0.0787 e. The molecule has 0 atom stereocenters. The fourth-order valence-electron chi connectivity index (χ4n) is 0.579. The molecule has 54 valence electrons. The summed E-state index contributed by atoms with van der Waals surface area (Å²) < 4.78 is 0. The molecule has 0 bridgehead atoms. The summed E-state index contributed by atoms with van der Waals surface area (Å²) >= 11 is 0. The summed E-state index contributed by atoms with van der Waals surface area (Å²) in [5, 5.41) is 0. The molecule has 0 aliphatic rings. The van der Waals surface area contributed by atoms with E-state index in [1.165, 1.54) is 0 Å². The lowest BCUT2D eigenvalue weighted by Crippen LogP contribution is -1.99. The molecule has 0 fully saturated rings. The first kappa shape index (κ1) is 7.02. The average Bonchev–Trinajstić information content (AvgIpc) is 2.03. The molecule has 0 spiro atoms. The van der Waals surface area contributed by atoms with Crippen molar-refractivity contribution < 1.29 is 4.84 Å². The second-order valence-corrected chi connectivity index (χ2v) is 1.78. The largest absolute Gasteiger partial charge is 0.276 e. The minimum absolute atomic E-state index is 0.648. The monoisotopic (exact) mass is 138 g/mol. The van der Waals surface area contributed by atoms with E-state index in [1.807, 2.05) is 19.1 Å². The number of aromatic nitrogens is 1. The maximum absolute atomic E-state index is 4.93. The number of nitrogens with one attached hydrogen (secondary N) is 1. The van der Waals surface area contributed by atoms with Crippen LogP contribution in [0.1, 0.15) is 6.92 Å². The minimum atomic E-state index is 0.648. The fraction of sp³-hybridized carbons (Fsp3) is 0.286. The summed E-state index contributed by atoms with van der Waals surface area (Å²) in [6.45, 7) is 2.57. The van der Waals surface area contributed by atoms with Gasteiger partial charge in [-0.15, -0.1) is 0 Å². The van der Waals surface area contributed by atoms with Crippen LogP contribution in [0, 0.1) is 0 Å². The van der Waals surface area contributed by atoms with Crippen LogP contribution in [0.4, 0.5) is 5.69 Å². The third-order valence-corrected chi connectivity index (χ3v) is 0.996. The third-order valence-electron chi connectivity index (χ3n) is 0.996. The van der Waals surface area contributed by atoms with Gasteiger partial charge < -0.3 is 0 Å². The molecular formula is C7H10N2O. The first-order valence-electron chi connectivity index (χ1n) is 3.21. The molecule has 0 aliphatic carbocycles. The second kappa shape index (κ2) is 3.85. The zero-order valence-electron chi connectivity index (χ0n) is 5.87. The van der Waals surface area contributed by atoms with Crippen molar-refractivity contribution in [2.75, 3.05) is 12.1 Å². The number of anilines is 1. The van der Waals surface area contributed by atoms with Crippen LogP contribution in [-0.2, 0) is 4.84 Å². The van der Waals surface area contributed by atoms with Crippen molar-refractivity contribution in [3.05, 3.63) is 24.5 Å². The van der Waals surface area contributed by atoms with Gasteiger partial charge >= 0.3 is 0 Å². The molecule has 0 amide bonds. The van der Waals surface area contributed by atoms with Gasteiger partial charge in [-0.1, -0.05) is 0 Å².